The van der Waals surface area contributed by atoms with E-state index in [2.05, 4.69) is 0 Å². The Morgan fingerprint density at radius 1 is 0.393 bits per heavy atom. The van der Waals surface area contributed by atoms with Gasteiger partial charge in [-0.2, -0.15) is 0 Å². The Kier molecular flexibility index (Phi) is 54.8. The molecule has 0 saturated carbocycles. The molecule has 20 heteroatoms. The molecule has 0 aliphatic carbocycles. The van der Waals surface area contributed by atoms with Gasteiger partial charge in [-0.1, -0.05) is 20.8 Å². The van der Waals surface area contributed by atoms with Crippen LogP contribution in [-0.4, -0.2) is 128 Å². The molecular formula is C36H66Al2O18. The van der Waals surface area contributed by atoms with Gasteiger partial charge in [0, 0.05) is 39.6 Å². The van der Waals surface area contributed by atoms with E-state index in [0.717, 1.165) is 0 Å². The Bertz CT molecular complexity index is 817. The third kappa shape index (κ3) is 50.1. The predicted octanol–water partition coefficient (Wildman–Crippen LogP) is -2.43. The van der Waals surface area contributed by atoms with Crippen molar-refractivity contribution >= 4 is 70.0 Å². The zero-order chi connectivity index (χ0) is 44.3. The molecule has 0 aromatic rings. The number of carbonyl (C=O) groups is 6. The van der Waals surface area contributed by atoms with E-state index < -0.39 is 53.6 Å². The van der Waals surface area contributed by atoms with Gasteiger partial charge in [0.15, 0.2) is 0 Å². The van der Waals surface area contributed by atoms with Gasteiger partial charge in [-0.3, -0.25) is 14.4 Å². The molecule has 0 saturated heterocycles. The summed E-state index contributed by atoms with van der Waals surface area (Å²) in [6, 6.07) is 0. The van der Waals surface area contributed by atoms with Crippen LogP contribution < -0.4 is 30.6 Å². The molecule has 324 valence electrons. The SMILES string of the molecule is CCC(C(C)=O)C(=O)[O-].CCC(C(C)=O)C(=O)[O-].CCC(C(C)=O)C(=O)[O-].CCOC(C)([O-])OCC.CCOC(C)([O-])OCC.CCOC(C)([O-])OCC.[Al+3].[Al+3]. The van der Waals surface area contributed by atoms with Gasteiger partial charge in [-0.05, 0) is 102 Å². The van der Waals surface area contributed by atoms with Gasteiger partial charge in [-0.25, -0.2) is 0 Å². The number of carbonyl (C=O) groups excluding carboxylic acids is 6. The molecule has 0 N–H and O–H groups in total. The summed E-state index contributed by atoms with van der Waals surface area (Å²) in [4.78, 5) is 61.3. The van der Waals surface area contributed by atoms with Gasteiger partial charge in [0.25, 0.3) is 0 Å². The van der Waals surface area contributed by atoms with E-state index in [9.17, 15) is 59.4 Å². The van der Waals surface area contributed by atoms with Crippen LogP contribution >= 0.6 is 0 Å². The first kappa shape index (κ1) is 71.8. The molecule has 0 bridgehead atoms. The Morgan fingerprint density at radius 3 is 0.554 bits per heavy atom. The van der Waals surface area contributed by atoms with Crippen LogP contribution in [0.5, 0.6) is 0 Å². The number of carboxylic acid groups (broad SMARTS) is 3. The van der Waals surface area contributed by atoms with Crippen molar-refractivity contribution < 1.29 is 87.8 Å². The minimum atomic E-state index is -1.65. The summed E-state index contributed by atoms with van der Waals surface area (Å²) in [7, 11) is 0. The van der Waals surface area contributed by atoms with Crippen molar-refractivity contribution in [1.29, 1.82) is 0 Å². The van der Waals surface area contributed by atoms with Crippen LogP contribution in [0.3, 0.4) is 0 Å². The second-order valence-corrected chi connectivity index (χ2v) is 10.9. The number of ketones is 3. The number of hydrogen-bond donors (Lipinski definition) is 0. The van der Waals surface area contributed by atoms with E-state index in [1.165, 1.54) is 41.5 Å². The van der Waals surface area contributed by atoms with Crippen molar-refractivity contribution in [2.75, 3.05) is 39.6 Å². The van der Waals surface area contributed by atoms with E-state index in [4.69, 9.17) is 28.4 Å². The number of Topliss-reactive ketones (excluding diaryl/α,β-unsaturated/α-hetero) is 3. The van der Waals surface area contributed by atoms with Crippen LogP contribution in [-0.2, 0) is 57.2 Å². The molecule has 0 heterocycles. The Hall–Kier alpha value is -1.88. The minimum Gasteiger partial charge on any atom is -0.807 e. The fraction of sp³-hybridized carbons (Fsp3) is 0.833. The second-order valence-electron chi connectivity index (χ2n) is 10.9. The van der Waals surface area contributed by atoms with E-state index >= 15 is 0 Å². The Balaban J connectivity index is -0.0000000817. The third-order valence-corrected chi connectivity index (χ3v) is 5.99. The maximum absolute atomic E-state index is 10.9. The van der Waals surface area contributed by atoms with Crippen LogP contribution in [0.4, 0.5) is 0 Å². The van der Waals surface area contributed by atoms with Crippen molar-refractivity contribution in [2.24, 2.45) is 17.8 Å². The van der Waals surface area contributed by atoms with E-state index in [1.807, 2.05) is 0 Å². The molecule has 3 atom stereocenters. The minimum absolute atomic E-state index is 0. The topological polar surface area (TPSA) is 296 Å². The molecule has 56 heavy (non-hydrogen) atoms. The van der Waals surface area contributed by atoms with Crippen LogP contribution in [0.25, 0.3) is 0 Å². The first-order valence-electron chi connectivity index (χ1n) is 17.7. The van der Waals surface area contributed by atoms with E-state index in [0.29, 0.717) is 58.9 Å². The average molecular weight is 841 g/mol. The number of carboxylic acids is 3. The van der Waals surface area contributed by atoms with E-state index in [-0.39, 0.29) is 52.1 Å². The van der Waals surface area contributed by atoms with Gasteiger partial charge >= 0.3 is 34.7 Å². The molecule has 0 fully saturated rings. The molecule has 0 rings (SSSR count). The standard InChI is InChI=1S/3C6H13O3.3C6H10O3.2Al/c3*1-4-8-6(3,7)9-5-2;3*1-3-5(4(2)7)6(8)9;;/h3*4-5H2,1-3H3;3*5H,3H2,1-2H3,(H,8,9);;/q3*-1;;;;2*+3/p-3. The first-order chi connectivity index (χ1) is 24.6. The normalized spacial score (nSPS) is 11.9. The predicted molar refractivity (Wildman–Crippen MR) is 195 cm³/mol. The first-order valence-corrected chi connectivity index (χ1v) is 17.7. The molecule has 0 aliphatic rings. The molecule has 0 amide bonds. The fourth-order valence-electron chi connectivity index (χ4n) is 3.56. The average Bonchev–Trinajstić information content (AvgIpc) is 2.98. The molecule has 0 aromatic carbocycles. The number of aliphatic carboxylic acids is 3. The largest absolute Gasteiger partial charge is 3.00 e. The van der Waals surface area contributed by atoms with Crippen molar-refractivity contribution in [3.05, 3.63) is 0 Å². The van der Waals surface area contributed by atoms with Crippen LogP contribution in [0.2, 0.25) is 0 Å². The molecule has 0 spiro atoms. The molecule has 0 aromatic heterocycles. The Labute approximate surface area is 355 Å². The van der Waals surface area contributed by atoms with Crippen molar-refractivity contribution in [1.82, 2.24) is 0 Å². The summed E-state index contributed by atoms with van der Waals surface area (Å²) in [5.41, 5.74) is 0. The van der Waals surface area contributed by atoms with Gasteiger partial charge in [-0.15, -0.1) is 0 Å². The molecule has 18 nitrogen and oxygen atoms in total. The second kappa shape index (κ2) is 42.7. The zero-order valence-electron chi connectivity index (χ0n) is 36.1. The maximum atomic E-state index is 10.9. The summed E-state index contributed by atoms with van der Waals surface area (Å²) in [5.74, 6) is -12.5. The van der Waals surface area contributed by atoms with Gasteiger partial charge in [0.2, 0.25) is 0 Å². The quantitative estimate of drug-likeness (QED) is 0.0659. The van der Waals surface area contributed by atoms with Gasteiger partial charge in [0.1, 0.15) is 17.3 Å². The Morgan fingerprint density at radius 2 is 0.518 bits per heavy atom. The monoisotopic (exact) mass is 840 g/mol. The van der Waals surface area contributed by atoms with Crippen molar-refractivity contribution in [3.8, 4) is 0 Å². The van der Waals surface area contributed by atoms with E-state index in [1.54, 1.807) is 62.3 Å². The van der Waals surface area contributed by atoms with Crippen LogP contribution in [0.1, 0.15) is 123 Å². The molecule has 0 radical (unpaired) electrons. The summed E-state index contributed by atoms with van der Waals surface area (Å²) < 4.78 is 28.2. The van der Waals surface area contributed by atoms with Gasteiger partial charge < -0.3 is 73.4 Å². The molecule has 3 unspecified atom stereocenters. The summed E-state index contributed by atoms with van der Waals surface area (Å²) in [6.07, 6.45) is 0.951. The maximum Gasteiger partial charge on any atom is 3.00 e. The summed E-state index contributed by atoms with van der Waals surface area (Å²) in [6.45, 7) is 25.7. The number of rotatable bonds is 21. The van der Waals surface area contributed by atoms with Gasteiger partial charge in [0.05, 0.1) is 53.6 Å². The zero-order valence-corrected chi connectivity index (χ0v) is 38.4. The summed E-state index contributed by atoms with van der Waals surface area (Å²) >= 11 is 0. The fourth-order valence-corrected chi connectivity index (χ4v) is 3.56. The molecule has 0 aliphatic heterocycles. The van der Waals surface area contributed by atoms with Crippen molar-refractivity contribution in [2.45, 2.75) is 141 Å². The summed E-state index contributed by atoms with van der Waals surface area (Å²) in [5, 5.41) is 62.7. The number of hydrogen-bond acceptors (Lipinski definition) is 18. The van der Waals surface area contributed by atoms with Crippen molar-refractivity contribution in [3.63, 3.8) is 0 Å². The third-order valence-electron chi connectivity index (χ3n) is 5.99. The van der Waals surface area contributed by atoms with Crippen LogP contribution in [0, 0.1) is 17.8 Å². The molecular weight excluding hydrogens is 774 g/mol. The smallest absolute Gasteiger partial charge is 0.807 e. The van der Waals surface area contributed by atoms with Crippen LogP contribution in [0.15, 0.2) is 0 Å². The number of ether oxygens (including phenoxy) is 6.